The Morgan fingerprint density at radius 1 is 1.43 bits per heavy atom. The van der Waals surface area contributed by atoms with Gasteiger partial charge in [-0.05, 0) is 12.8 Å². The number of alkyl halides is 1. The Morgan fingerprint density at radius 3 is 2.29 bits per heavy atom. The van der Waals surface area contributed by atoms with Crippen LogP contribution in [0.25, 0.3) is 0 Å². The van der Waals surface area contributed by atoms with Gasteiger partial charge in [-0.25, -0.2) is 4.79 Å². The van der Waals surface area contributed by atoms with Gasteiger partial charge in [0.1, 0.15) is 0 Å². The van der Waals surface area contributed by atoms with Crippen LogP contribution in [0.3, 0.4) is 0 Å². The van der Waals surface area contributed by atoms with Crippen LogP contribution < -0.4 is 16.4 Å². The van der Waals surface area contributed by atoms with Crippen LogP contribution in [0.1, 0.15) is 12.8 Å². The molecule has 1 saturated heterocycles. The van der Waals surface area contributed by atoms with E-state index in [4.69, 9.17) is 17.3 Å². The maximum atomic E-state index is 11.5. The molecule has 1 unspecified atom stereocenters. The molecule has 1 saturated carbocycles. The van der Waals surface area contributed by atoms with Gasteiger partial charge in [0.25, 0.3) is 5.91 Å². The van der Waals surface area contributed by atoms with Gasteiger partial charge >= 0.3 is 6.03 Å². The van der Waals surface area contributed by atoms with E-state index in [1.165, 1.54) is 0 Å². The molecule has 0 aromatic heterocycles. The zero-order chi connectivity index (χ0) is 9.69. The number of halogens is 2. The fourth-order valence-electron chi connectivity index (χ4n) is 1.67. The fourth-order valence-corrected chi connectivity index (χ4v) is 1.97. The van der Waals surface area contributed by atoms with Crippen LogP contribution in [0, 0.1) is 0 Å². The lowest BCUT2D eigenvalue weighted by Crippen LogP contribution is -2.60. The minimum atomic E-state index is -1.09. The van der Waals surface area contributed by atoms with E-state index < -0.39 is 22.4 Å². The second-order valence-electron chi connectivity index (χ2n) is 3.48. The van der Waals surface area contributed by atoms with E-state index in [0.717, 1.165) is 0 Å². The minimum Gasteiger partial charge on any atom is -0.328 e. The molecule has 1 atom stereocenters. The van der Waals surface area contributed by atoms with Gasteiger partial charge in [0.15, 0.2) is 5.54 Å². The van der Waals surface area contributed by atoms with Crippen molar-refractivity contribution in [2.24, 2.45) is 5.73 Å². The molecule has 14 heavy (non-hydrogen) atoms. The van der Waals surface area contributed by atoms with Gasteiger partial charge in [-0.1, -0.05) is 0 Å². The summed E-state index contributed by atoms with van der Waals surface area (Å²) in [7, 11) is 0. The van der Waals surface area contributed by atoms with Gasteiger partial charge in [-0.15, -0.1) is 24.0 Å². The smallest absolute Gasteiger partial charge is 0.322 e. The van der Waals surface area contributed by atoms with E-state index in [1.807, 2.05) is 0 Å². The molecule has 0 spiro atoms. The predicted molar refractivity (Wildman–Crippen MR) is 53.5 cm³/mol. The number of hydrogen-bond donors (Lipinski definition) is 3. The van der Waals surface area contributed by atoms with Crippen LogP contribution in [0.2, 0.25) is 0 Å². The van der Waals surface area contributed by atoms with Crippen LogP contribution in [-0.2, 0) is 4.79 Å². The summed E-state index contributed by atoms with van der Waals surface area (Å²) in [6.07, 6.45) is 1.42. The molecule has 2 aliphatic rings. The summed E-state index contributed by atoms with van der Waals surface area (Å²) in [5, 5.41) is 4.66. The van der Waals surface area contributed by atoms with Crippen LogP contribution in [0.5, 0.6) is 0 Å². The fraction of sp³-hybridized carbons (Fsp3) is 0.714. The lowest BCUT2D eigenvalue weighted by Gasteiger charge is -2.29. The standard InChI is InChI=1S/C7H10ClN3O2.ClH/c8-6(1-2-6)7(3-9)4(12)10-5(13)11-7;/h1-3,9H2,(H2,10,11,12,13);1H. The molecule has 1 heterocycles. The Balaban J connectivity index is 0.000000980. The molecule has 0 aromatic rings. The molecule has 1 aliphatic heterocycles. The van der Waals surface area contributed by atoms with Crippen molar-refractivity contribution in [2.45, 2.75) is 23.3 Å². The van der Waals surface area contributed by atoms with E-state index in [9.17, 15) is 9.59 Å². The van der Waals surface area contributed by atoms with Gasteiger partial charge in [0, 0.05) is 6.54 Å². The summed E-state index contributed by atoms with van der Waals surface area (Å²) in [6, 6.07) is -0.512. The molecule has 5 nitrogen and oxygen atoms in total. The van der Waals surface area contributed by atoms with E-state index in [1.54, 1.807) is 0 Å². The first-order chi connectivity index (χ1) is 6.04. The third-order valence-corrected chi connectivity index (χ3v) is 3.40. The highest BCUT2D eigenvalue weighted by Gasteiger charge is 2.65. The number of amides is 3. The lowest BCUT2D eigenvalue weighted by molar-refractivity contribution is -0.124. The highest BCUT2D eigenvalue weighted by molar-refractivity contribution is 6.30. The Kier molecular flexibility index (Phi) is 2.69. The van der Waals surface area contributed by atoms with Crippen molar-refractivity contribution >= 4 is 35.9 Å². The Morgan fingerprint density at radius 2 is 2.00 bits per heavy atom. The number of hydrogen-bond acceptors (Lipinski definition) is 3. The highest BCUT2D eigenvalue weighted by atomic mass is 35.5. The van der Waals surface area contributed by atoms with Gasteiger partial charge in [-0.3, -0.25) is 10.1 Å². The number of nitrogens with two attached hydrogens (primary N) is 1. The number of nitrogens with one attached hydrogen (secondary N) is 2. The van der Waals surface area contributed by atoms with Crippen molar-refractivity contribution in [1.29, 1.82) is 0 Å². The van der Waals surface area contributed by atoms with Crippen molar-refractivity contribution in [3.8, 4) is 0 Å². The second kappa shape index (κ2) is 3.25. The molecule has 3 amide bonds. The summed E-state index contributed by atoms with van der Waals surface area (Å²) in [5.74, 6) is -0.410. The molecule has 0 aromatic carbocycles. The number of rotatable bonds is 2. The Bertz CT molecular complexity index is 293. The van der Waals surface area contributed by atoms with E-state index in [-0.39, 0.29) is 19.0 Å². The van der Waals surface area contributed by atoms with Crippen molar-refractivity contribution < 1.29 is 9.59 Å². The largest absolute Gasteiger partial charge is 0.328 e. The first-order valence-corrected chi connectivity index (χ1v) is 4.44. The zero-order valence-corrected chi connectivity index (χ0v) is 8.87. The maximum Gasteiger partial charge on any atom is 0.322 e. The lowest BCUT2D eigenvalue weighted by atomic mass is 9.93. The average Bonchev–Trinajstić information content (AvgIpc) is 2.72. The summed E-state index contributed by atoms with van der Waals surface area (Å²) < 4.78 is 0. The summed E-state index contributed by atoms with van der Waals surface area (Å²) in [4.78, 5) is 21.7. The number of carbonyl (C=O) groups excluding carboxylic acids is 2. The SMILES string of the molecule is Cl.NCC1(C2(Cl)CC2)NC(=O)NC1=O. The quantitative estimate of drug-likeness (QED) is 0.458. The molecule has 7 heteroatoms. The molecule has 1 aliphatic carbocycles. The molecule has 2 fully saturated rings. The van der Waals surface area contributed by atoms with Crippen molar-refractivity contribution in [3.63, 3.8) is 0 Å². The van der Waals surface area contributed by atoms with Crippen LogP contribution in [-0.4, -0.2) is 28.9 Å². The summed E-state index contributed by atoms with van der Waals surface area (Å²) >= 11 is 6.11. The first kappa shape index (κ1) is 11.6. The van der Waals surface area contributed by atoms with Crippen LogP contribution in [0.4, 0.5) is 4.79 Å². The molecule has 80 valence electrons. The first-order valence-electron chi connectivity index (χ1n) is 4.07. The summed E-state index contributed by atoms with van der Waals surface area (Å²) in [6.45, 7) is 0.0358. The number of imide groups is 1. The molecular formula is C7H11Cl2N3O2. The molecule has 4 N–H and O–H groups in total. The van der Waals surface area contributed by atoms with E-state index in [0.29, 0.717) is 12.8 Å². The normalized spacial score (nSPS) is 33.0. The predicted octanol–water partition coefficient (Wildman–Crippen LogP) is -0.284. The third kappa shape index (κ3) is 1.27. The maximum absolute atomic E-state index is 11.5. The van der Waals surface area contributed by atoms with Gasteiger partial charge in [0.05, 0.1) is 4.87 Å². The van der Waals surface area contributed by atoms with Crippen molar-refractivity contribution in [1.82, 2.24) is 10.6 Å². The third-order valence-electron chi connectivity index (χ3n) is 2.70. The number of carbonyl (C=O) groups is 2. The Hall–Kier alpha value is -0.520. The molecule has 2 rings (SSSR count). The topological polar surface area (TPSA) is 84.2 Å². The van der Waals surface area contributed by atoms with Crippen LogP contribution >= 0.6 is 24.0 Å². The van der Waals surface area contributed by atoms with Crippen molar-refractivity contribution in [2.75, 3.05) is 6.54 Å². The Labute approximate surface area is 92.1 Å². The van der Waals surface area contributed by atoms with Crippen LogP contribution in [0.15, 0.2) is 0 Å². The minimum absolute atomic E-state index is 0. The van der Waals surface area contributed by atoms with Gasteiger partial charge in [-0.2, -0.15) is 0 Å². The average molecular weight is 240 g/mol. The van der Waals surface area contributed by atoms with Crippen molar-refractivity contribution in [3.05, 3.63) is 0 Å². The zero-order valence-electron chi connectivity index (χ0n) is 7.30. The summed E-state index contributed by atoms with van der Waals surface area (Å²) in [5.41, 5.74) is 4.40. The highest BCUT2D eigenvalue weighted by Crippen LogP contribution is 2.51. The second-order valence-corrected chi connectivity index (χ2v) is 4.21. The monoisotopic (exact) mass is 239 g/mol. The molecule has 0 bridgehead atoms. The van der Waals surface area contributed by atoms with Gasteiger partial charge < -0.3 is 11.1 Å². The van der Waals surface area contributed by atoms with Gasteiger partial charge in [0.2, 0.25) is 0 Å². The van der Waals surface area contributed by atoms with E-state index >= 15 is 0 Å². The number of urea groups is 1. The molecular weight excluding hydrogens is 229 g/mol. The molecule has 0 radical (unpaired) electrons. The van der Waals surface area contributed by atoms with E-state index in [2.05, 4.69) is 10.6 Å².